The molecule has 148 valence electrons. The summed E-state index contributed by atoms with van der Waals surface area (Å²) in [4.78, 5) is 17.9. The maximum absolute atomic E-state index is 11.9. The van der Waals surface area contributed by atoms with Crippen molar-refractivity contribution in [3.8, 4) is 0 Å². The Morgan fingerprint density at radius 3 is 2.57 bits per heavy atom. The third-order valence-corrected chi connectivity index (χ3v) is 6.49. The number of nitrogens with one attached hydrogen (secondary N) is 1. The number of oxime groups is 1. The Morgan fingerprint density at radius 2 is 1.96 bits per heavy atom. The fourth-order valence-corrected chi connectivity index (χ4v) is 4.67. The molecule has 3 rings (SSSR count). The lowest BCUT2D eigenvalue weighted by Crippen LogP contribution is -2.26. The summed E-state index contributed by atoms with van der Waals surface area (Å²) in [7, 11) is 1.52. The summed E-state index contributed by atoms with van der Waals surface area (Å²) >= 11 is 17.3. The van der Waals surface area contributed by atoms with Gasteiger partial charge in [0.05, 0.1) is 11.5 Å². The van der Waals surface area contributed by atoms with Crippen LogP contribution in [0.3, 0.4) is 0 Å². The number of nitrogens with zero attached hydrogens (tertiary/aromatic N) is 1. The monoisotopic (exact) mass is 500 g/mol. The molecule has 1 aliphatic carbocycles. The lowest BCUT2D eigenvalue weighted by molar-refractivity contribution is -0.118. The number of hydrogen-bond donors (Lipinski definition) is 1. The molecule has 0 unspecified atom stereocenters. The van der Waals surface area contributed by atoms with Crippen LogP contribution < -0.4 is 5.32 Å². The zero-order chi connectivity index (χ0) is 20.1. The van der Waals surface area contributed by atoms with E-state index >= 15 is 0 Å². The average Bonchev–Trinajstić information content (AvgIpc) is 3.43. The first-order valence-corrected chi connectivity index (χ1v) is 11.2. The zero-order valence-corrected chi connectivity index (χ0v) is 19.1. The van der Waals surface area contributed by atoms with Gasteiger partial charge in [-0.3, -0.25) is 4.79 Å². The van der Waals surface area contributed by atoms with Crippen LogP contribution in [0.25, 0.3) is 0 Å². The summed E-state index contributed by atoms with van der Waals surface area (Å²) in [5.41, 5.74) is 2.61. The van der Waals surface area contributed by atoms with E-state index in [1.807, 2.05) is 30.3 Å². The number of benzene rings is 2. The Morgan fingerprint density at radius 1 is 1.25 bits per heavy atom. The van der Waals surface area contributed by atoms with E-state index in [0.717, 1.165) is 39.0 Å². The van der Waals surface area contributed by atoms with Gasteiger partial charge in [-0.25, -0.2) is 0 Å². The van der Waals surface area contributed by atoms with Gasteiger partial charge in [0.1, 0.15) is 7.11 Å². The topological polar surface area (TPSA) is 50.7 Å². The molecule has 0 bridgehead atoms. The van der Waals surface area contributed by atoms with Crippen LogP contribution in [0.1, 0.15) is 24.0 Å². The van der Waals surface area contributed by atoms with Crippen LogP contribution in [-0.2, 0) is 16.1 Å². The SMILES string of the molecule is CO/N=C(\Cc1cc(Cl)cc(Cl)c1)c1ccc(SCC(=O)NC2CC2)c(Br)c1. The molecule has 1 fully saturated rings. The minimum Gasteiger partial charge on any atom is -0.399 e. The van der Waals surface area contributed by atoms with Crippen LogP contribution in [0.5, 0.6) is 0 Å². The summed E-state index contributed by atoms with van der Waals surface area (Å²) < 4.78 is 0.905. The molecule has 4 nitrogen and oxygen atoms in total. The number of rotatable bonds is 8. The molecule has 0 spiro atoms. The van der Waals surface area contributed by atoms with Gasteiger partial charge in [-0.1, -0.05) is 34.4 Å². The van der Waals surface area contributed by atoms with Gasteiger partial charge in [0.15, 0.2) is 0 Å². The van der Waals surface area contributed by atoms with Gasteiger partial charge in [-0.15, -0.1) is 11.8 Å². The molecule has 28 heavy (non-hydrogen) atoms. The Hall–Kier alpha value is -1.21. The molecule has 2 aromatic rings. The molecule has 1 aliphatic rings. The number of thioether (sulfide) groups is 1. The van der Waals surface area contributed by atoms with Gasteiger partial charge in [0.25, 0.3) is 0 Å². The standard InChI is InChI=1S/C20H19BrCl2N2O2S/c1-27-25-18(8-12-6-14(22)10-15(23)7-12)13-2-5-19(17(21)9-13)28-11-20(26)24-16-3-4-16/h2,5-7,9-10,16H,3-4,8,11H2,1H3,(H,24,26)/b25-18+. The predicted octanol–water partition coefficient (Wildman–Crippen LogP) is 5.72. The molecule has 0 saturated heterocycles. The van der Waals surface area contributed by atoms with Crippen LogP contribution >= 0.6 is 50.9 Å². The Kier molecular flexibility index (Phi) is 7.69. The molecule has 0 radical (unpaired) electrons. The van der Waals surface area contributed by atoms with E-state index < -0.39 is 0 Å². The van der Waals surface area contributed by atoms with Crippen LogP contribution in [0, 0.1) is 0 Å². The van der Waals surface area contributed by atoms with Crippen LogP contribution in [0.15, 0.2) is 50.9 Å². The summed E-state index contributed by atoms with van der Waals surface area (Å²) in [6.45, 7) is 0. The Balaban J connectivity index is 1.71. The highest BCUT2D eigenvalue weighted by molar-refractivity contribution is 9.10. The second-order valence-corrected chi connectivity index (χ2v) is 9.20. The molecule has 0 heterocycles. The van der Waals surface area contributed by atoms with Crippen LogP contribution in [0.2, 0.25) is 10.0 Å². The highest BCUT2D eigenvalue weighted by atomic mass is 79.9. The number of carbonyl (C=O) groups is 1. The highest BCUT2D eigenvalue weighted by Gasteiger charge is 2.23. The summed E-state index contributed by atoms with van der Waals surface area (Å²) in [6.07, 6.45) is 2.71. The molecule has 0 aromatic heterocycles. The average molecular weight is 502 g/mol. The predicted molar refractivity (Wildman–Crippen MR) is 120 cm³/mol. The second-order valence-electron chi connectivity index (χ2n) is 6.45. The van der Waals surface area contributed by atoms with E-state index in [-0.39, 0.29) is 5.91 Å². The first-order chi connectivity index (χ1) is 13.4. The lowest BCUT2D eigenvalue weighted by atomic mass is 10.0. The van der Waals surface area contributed by atoms with Gasteiger partial charge in [-0.2, -0.15) is 0 Å². The molecule has 0 aliphatic heterocycles. The molecule has 2 aromatic carbocycles. The van der Waals surface area contributed by atoms with Crippen molar-refractivity contribution in [3.63, 3.8) is 0 Å². The van der Waals surface area contributed by atoms with Crippen LogP contribution in [0.4, 0.5) is 0 Å². The number of carbonyl (C=O) groups excluding carboxylic acids is 1. The van der Waals surface area contributed by atoms with Crippen molar-refractivity contribution in [1.29, 1.82) is 0 Å². The third-order valence-electron chi connectivity index (χ3n) is 4.06. The van der Waals surface area contributed by atoms with Crippen molar-refractivity contribution in [2.45, 2.75) is 30.2 Å². The molecule has 1 saturated carbocycles. The number of halogens is 3. The van der Waals surface area contributed by atoms with Crippen molar-refractivity contribution in [2.24, 2.45) is 5.16 Å². The quantitative estimate of drug-likeness (QED) is 0.286. The van der Waals surface area contributed by atoms with Gasteiger partial charge >= 0.3 is 0 Å². The molecular formula is C20H19BrCl2N2O2S. The first kappa shape index (κ1) is 21.5. The van der Waals surface area contributed by atoms with Gasteiger partial charge in [0.2, 0.25) is 5.91 Å². The lowest BCUT2D eigenvalue weighted by Gasteiger charge is -2.10. The maximum atomic E-state index is 11.9. The summed E-state index contributed by atoms with van der Waals surface area (Å²) in [5.74, 6) is 0.469. The van der Waals surface area contributed by atoms with E-state index in [1.165, 1.54) is 18.9 Å². The molecule has 1 amide bonds. The molecule has 8 heteroatoms. The van der Waals surface area contributed by atoms with Crippen molar-refractivity contribution >= 4 is 62.5 Å². The first-order valence-electron chi connectivity index (χ1n) is 8.71. The minimum absolute atomic E-state index is 0.0722. The van der Waals surface area contributed by atoms with E-state index in [1.54, 1.807) is 6.07 Å². The largest absolute Gasteiger partial charge is 0.399 e. The maximum Gasteiger partial charge on any atom is 0.230 e. The van der Waals surface area contributed by atoms with Crippen molar-refractivity contribution in [1.82, 2.24) is 5.32 Å². The molecular weight excluding hydrogens is 483 g/mol. The van der Waals surface area contributed by atoms with E-state index in [9.17, 15) is 4.79 Å². The Labute approximate surface area is 187 Å². The minimum atomic E-state index is 0.0722. The van der Waals surface area contributed by atoms with E-state index in [4.69, 9.17) is 28.0 Å². The van der Waals surface area contributed by atoms with Crippen LogP contribution in [-0.4, -0.2) is 30.5 Å². The van der Waals surface area contributed by atoms with Crippen molar-refractivity contribution in [3.05, 3.63) is 62.0 Å². The second kappa shape index (κ2) is 10.0. The van der Waals surface area contributed by atoms with Crippen molar-refractivity contribution < 1.29 is 9.63 Å². The summed E-state index contributed by atoms with van der Waals surface area (Å²) in [6, 6.07) is 11.7. The van der Waals surface area contributed by atoms with Gasteiger partial charge in [-0.05, 0) is 64.7 Å². The van der Waals surface area contributed by atoms with E-state index in [0.29, 0.717) is 28.3 Å². The zero-order valence-electron chi connectivity index (χ0n) is 15.2. The summed E-state index contributed by atoms with van der Waals surface area (Å²) in [5, 5.41) is 8.33. The van der Waals surface area contributed by atoms with Gasteiger partial charge < -0.3 is 10.2 Å². The fraction of sp³-hybridized carbons (Fsp3) is 0.300. The van der Waals surface area contributed by atoms with Gasteiger partial charge in [0, 0.05) is 37.4 Å². The van der Waals surface area contributed by atoms with E-state index in [2.05, 4.69) is 26.4 Å². The third kappa shape index (κ3) is 6.41. The number of amides is 1. The highest BCUT2D eigenvalue weighted by Crippen LogP contribution is 2.30. The smallest absolute Gasteiger partial charge is 0.230 e. The van der Waals surface area contributed by atoms with Crippen molar-refractivity contribution in [2.75, 3.05) is 12.9 Å². The molecule has 0 atom stereocenters. The fourth-order valence-electron chi connectivity index (χ4n) is 2.64. The normalized spacial score (nSPS) is 14.1. The number of hydrogen-bond acceptors (Lipinski definition) is 4. The molecule has 1 N–H and O–H groups in total. The Bertz CT molecular complexity index is 884.